The summed E-state index contributed by atoms with van der Waals surface area (Å²) < 4.78 is 8.12. The Bertz CT molecular complexity index is 751. The molecule has 6 nitrogen and oxygen atoms in total. The van der Waals surface area contributed by atoms with Crippen LogP contribution in [-0.4, -0.2) is 59.0 Å². The summed E-state index contributed by atoms with van der Waals surface area (Å²) in [7, 11) is 2.07. The van der Waals surface area contributed by atoms with Crippen LogP contribution < -0.4 is 4.90 Å². The van der Waals surface area contributed by atoms with Gasteiger partial charge in [-0.25, -0.2) is 0 Å². The first kappa shape index (κ1) is 18.4. The molecule has 2 saturated heterocycles. The quantitative estimate of drug-likeness (QED) is 0.829. The number of anilines is 1. The summed E-state index contributed by atoms with van der Waals surface area (Å²) in [6, 6.07) is 10.9. The number of nitrogens with zero attached hydrogens (tertiary/aromatic N) is 5. The molecule has 4 rings (SSSR count). The topological polar surface area (TPSA) is 46.4 Å². The molecule has 0 amide bonds. The van der Waals surface area contributed by atoms with Gasteiger partial charge in [-0.2, -0.15) is 0 Å². The molecule has 2 aliphatic heterocycles. The molecule has 1 atom stereocenters. The van der Waals surface area contributed by atoms with Crippen molar-refractivity contribution in [2.24, 2.45) is 7.05 Å². The van der Waals surface area contributed by atoms with Gasteiger partial charge >= 0.3 is 0 Å². The molecule has 2 fully saturated rings. The zero-order valence-corrected chi connectivity index (χ0v) is 16.8. The number of benzene rings is 1. The Morgan fingerprint density at radius 3 is 2.56 bits per heavy atom. The monoisotopic (exact) mass is 369 g/mol. The Morgan fingerprint density at radius 2 is 1.85 bits per heavy atom. The molecular formula is C21H31N5O. The van der Waals surface area contributed by atoms with Crippen LogP contribution in [0.4, 0.5) is 5.95 Å². The first-order valence-corrected chi connectivity index (χ1v) is 10.1. The largest absolute Gasteiger partial charge is 0.368 e. The molecule has 0 aliphatic carbocycles. The average molecular weight is 370 g/mol. The SMILES string of the molecule is CCN1CCOC(c2nnc(N3CCC(C)(c4ccccc4)CC3)n2C)C1. The standard InChI is InChI=1S/C21H31N5O/c1-4-25-14-15-27-18(16-25)19-22-23-20(24(19)3)26-12-10-21(2,11-13-26)17-8-6-5-7-9-17/h5-9,18H,4,10-16H2,1-3H3. The lowest BCUT2D eigenvalue weighted by Crippen LogP contribution is -2.42. The van der Waals surface area contributed by atoms with E-state index in [0.29, 0.717) is 0 Å². The maximum Gasteiger partial charge on any atom is 0.227 e. The van der Waals surface area contributed by atoms with Crippen LogP contribution in [0.1, 0.15) is 44.2 Å². The second-order valence-corrected chi connectivity index (χ2v) is 8.08. The van der Waals surface area contributed by atoms with E-state index < -0.39 is 0 Å². The van der Waals surface area contributed by atoms with E-state index in [1.54, 1.807) is 0 Å². The molecule has 2 aromatic rings. The molecule has 3 heterocycles. The van der Waals surface area contributed by atoms with Crippen LogP contribution in [-0.2, 0) is 17.2 Å². The third kappa shape index (κ3) is 3.60. The molecule has 6 heteroatoms. The predicted molar refractivity (Wildman–Crippen MR) is 107 cm³/mol. The van der Waals surface area contributed by atoms with Crippen molar-refractivity contribution in [2.75, 3.05) is 44.2 Å². The highest BCUT2D eigenvalue weighted by molar-refractivity contribution is 5.35. The lowest BCUT2D eigenvalue weighted by atomic mass is 9.74. The zero-order valence-electron chi connectivity index (χ0n) is 16.8. The van der Waals surface area contributed by atoms with Crippen molar-refractivity contribution in [1.82, 2.24) is 19.7 Å². The van der Waals surface area contributed by atoms with Gasteiger partial charge in [0.15, 0.2) is 5.82 Å². The van der Waals surface area contributed by atoms with Gasteiger partial charge in [0.2, 0.25) is 5.95 Å². The van der Waals surface area contributed by atoms with Crippen LogP contribution in [0.3, 0.4) is 0 Å². The molecule has 1 aromatic heterocycles. The number of likely N-dealkylation sites (N-methyl/N-ethyl adjacent to an activating group) is 1. The maximum absolute atomic E-state index is 5.98. The van der Waals surface area contributed by atoms with Gasteiger partial charge in [-0.3, -0.25) is 9.47 Å². The minimum absolute atomic E-state index is 0.0179. The molecule has 27 heavy (non-hydrogen) atoms. The first-order valence-electron chi connectivity index (χ1n) is 10.1. The highest BCUT2D eigenvalue weighted by Gasteiger charge is 2.34. The van der Waals surface area contributed by atoms with Crippen molar-refractivity contribution in [3.05, 3.63) is 41.7 Å². The molecule has 146 valence electrons. The molecule has 2 aliphatic rings. The number of hydrogen-bond acceptors (Lipinski definition) is 5. The summed E-state index contributed by atoms with van der Waals surface area (Å²) in [5, 5.41) is 9.02. The number of morpholine rings is 1. The van der Waals surface area contributed by atoms with Crippen molar-refractivity contribution < 1.29 is 4.74 Å². The van der Waals surface area contributed by atoms with Gasteiger partial charge in [-0.05, 0) is 30.4 Å². The van der Waals surface area contributed by atoms with Gasteiger partial charge in [0.25, 0.3) is 0 Å². The summed E-state index contributed by atoms with van der Waals surface area (Å²) >= 11 is 0. The smallest absolute Gasteiger partial charge is 0.227 e. The van der Waals surface area contributed by atoms with Crippen molar-refractivity contribution in [3.8, 4) is 0 Å². The number of rotatable bonds is 4. The van der Waals surface area contributed by atoms with E-state index in [-0.39, 0.29) is 11.5 Å². The maximum atomic E-state index is 5.98. The van der Waals surface area contributed by atoms with Crippen LogP contribution in [0.2, 0.25) is 0 Å². The molecule has 0 saturated carbocycles. The van der Waals surface area contributed by atoms with Crippen LogP contribution >= 0.6 is 0 Å². The fourth-order valence-corrected chi connectivity index (χ4v) is 4.36. The van der Waals surface area contributed by atoms with Gasteiger partial charge in [0.1, 0.15) is 6.10 Å². The summed E-state index contributed by atoms with van der Waals surface area (Å²) in [4.78, 5) is 4.79. The number of aromatic nitrogens is 3. The van der Waals surface area contributed by atoms with Crippen molar-refractivity contribution >= 4 is 5.95 Å². The van der Waals surface area contributed by atoms with E-state index in [2.05, 4.69) is 75.8 Å². The summed E-state index contributed by atoms with van der Waals surface area (Å²) in [6.45, 7) is 10.3. The number of hydrogen-bond donors (Lipinski definition) is 0. The van der Waals surface area contributed by atoms with Crippen LogP contribution in [0.15, 0.2) is 30.3 Å². The summed E-state index contributed by atoms with van der Waals surface area (Å²) in [5.41, 5.74) is 1.69. The van der Waals surface area contributed by atoms with Crippen LogP contribution in [0.25, 0.3) is 0 Å². The van der Waals surface area contributed by atoms with E-state index in [4.69, 9.17) is 4.74 Å². The van der Waals surface area contributed by atoms with Crippen molar-refractivity contribution in [1.29, 1.82) is 0 Å². The van der Waals surface area contributed by atoms with E-state index >= 15 is 0 Å². The van der Waals surface area contributed by atoms with Gasteiger partial charge in [-0.1, -0.05) is 44.2 Å². The Balaban J connectivity index is 1.46. The van der Waals surface area contributed by atoms with E-state index in [1.165, 1.54) is 5.56 Å². The second-order valence-electron chi connectivity index (χ2n) is 8.08. The summed E-state index contributed by atoms with van der Waals surface area (Å²) in [5.74, 6) is 1.91. The highest BCUT2D eigenvalue weighted by Crippen LogP contribution is 2.36. The number of ether oxygens (including phenoxy) is 1. The molecule has 0 spiro atoms. The minimum atomic E-state index is 0.0179. The lowest BCUT2D eigenvalue weighted by molar-refractivity contribution is -0.0339. The molecule has 1 aromatic carbocycles. The predicted octanol–water partition coefficient (Wildman–Crippen LogP) is 2.77. The Labute approximate surface area is 162 Å². The van der Waals surface area contributed by atoms with Crippen molar-refractivity contribution in [2.45, 2.75) is 38.2 Å². The number of piperidine rings is 1. The van der Waals surface area contributed by atoms with Gasteiger partial charge in [0.05, 0.1) is 6.61 Å². The molecule has 0 N–H and O–H groups in total. The fraction of sp³-hybridized carbons (Fsp3) is 0.619. The van der Waals surface area contributed by atoms with E-state index in [9.17, 15) is 0 Å². The zero-order chi connectivity index (χ0) is 18.9. The Kier molecular flexibility index (Phi) is 5.19. The van der Waals surface area contributed by atoms with Gasteiger partial charge in [0, 0.05) is 33.2 Å². The van der Waals surface area contributed by atoms with Gasteiger partial charge in [-0.15, -0.1) is 10.2 Å². The van der Waals surface area contributed by atoms with Crippen LogP contribution in [0.5, 0.6) is 0 Å². The summed E-state index contributed by atoms with van der Waals surface area (Å²) in [6.07, 6.45) is 2.27. The van der Waals surface area contributed by atoms with Crippen LogP contribution in [0, 0.1) is 0 Å². The third-order valence-electron chi connectivity index (χ3n) is 6.39. The molecular weight excluding hydrogens is 338 g/mol. The van der Waals surface area contributed by atoms with E-state index in [0.717, 1.165) is 63.9 Å². The van der Waals surface area contributed by atoms with Crippen molar-refractivity contribution in [3.63, 3.8) is 0 Å². The minimum Gasteiger partial charge on any atom is -0.368 e. The molecule has 0 radical (unpaired) electrons. The highest BCUT2D eigenvalue weighted by atomic mass is 16.5. The first-order chi connectivity index (χ1) is 13.1. The Morgan fingerprint density at radius 1 is 1.11 bits per heavy atom. The lowest BCUT2D eigenvalue weighted by Gasteiger charge is -2.40. The third-order valence-corrected chi connectivity index (χ3v) is 6.39. The second kappa shape index (κ2) is 7.60. The van der Waals surface area contributed by atoms with E-state index in [1.807, 2.05) is 0 Å². The average Bonchev–Trinajstić information content (AvgIpc) is 3.11. The normalized spacial score (nSPS) is 23.5. The molecule has 1 unspecified atom stereocenters. The molecule has 0 bridgehead atoms. The Hall–Kier alpha value is -1.92. The fourth-order valence-electron chi connectivity index (χ4n) is 4.36. The van der Waals surface area contributed by atoms with Gasteiger partial charge < -0.3 is 9.64 Å².